The summed E-state index contributed by atoms with van der Waals surface area (Å²) in [7, 11) is 1.23. The van der Waals surface area contributed by atoms with Crippen LogP contribution in [0.15, 0.2) is 24.3 Å². The quantitative estimate of drug-likeness (QED) is 0.515. The molecule has 0 fully saturated rings. The smallest absolute Gasteiger partial charge is 0.235 e. The first-order valence-corrected chi connectivity index (χ1v) is 5.13. The fourth-order valence-corrected chi connectivity index (χ4v) is 1.19. The zero-order valence-electron chi connectivity index (χ0n) is 9.31. The summed E-state index contributed by atoms with van der Waals surface area (Å²) in [6, 6.07) is 5.12. The molecule has 0 aliphatic rings. The Morgan fingerprint density at radius 1 is 1.61 bits per heavy atom. The minimum atomic E-state index is -0.781. The van der Waals surface area contributed by atoms with Crippen LogP contribution in [0.1, 0.15) is 11.1 Å². The van der Waals surface area contributed by atoms with E-state index < -0.39 is 17.4 Å². The molecule has 92 valence electrons. The van der Waals surface area contributed by atoms with E-state index >= 15 is 0 Å². The molecule has 0 radical (unpaired) electrons. The molecule has 1 rings (SSSR count). The lowest BCUT2D eigenvalue weighted by molar-refractivity contribution is -0.109. The van der Waals surface area contributed by atoms with Gasteiger partial charge in [-0.15, -0.1) is 0 Å². The molecule has 0 spiro atoms. The number of nitriles is 1. The maximum Gasteiger partial charge on any atom is 0.235 e. The van der Waals surface area contributed by atoms with E-state index in [0.717, 1.165) is 12.1 Å². The Morgan fingerprint density at radius 2 is 2.28 bits per heavy atom. The highest BCUT2D eigenvalue weighted by molar-refractivity contribution is 7.81. The molecule has 0 unspecified atom stereocenters. The second kappa shape index (κ2) is 5.89. The van der Waals surface area contributed by atoms with E-state index in [-0.39, 0.29) is 16.2 Å². The standard InChI is InChI=1S/C12H8FNO3S/c1-17-12(18)11(16)5-10(15)7-2-3-8(6-14)9(13)4-7/h2-5,15H,1H3/b10-5-. The van der Waals surface area contributed by atoms with Crippen molar-refractivity contribution in [2.24, 2.45) is 0 Å². The molecule has 0 saturated carbocycles. The number of ether oxygens (including phenoxy) is 1. The number of ketones is 1. The number of halogens is 1. The lowest BCUT2D eigenvalue weighted by Crippen LogP contribution is -2.10. The van der Waals surface area contributed by atoms with Crippen molar-refractivity contribution in [3.05, 3.63) is 41.2 Å². The van der Waals surface area contributed by atoms with Gasteiger partial charge in [0.1, 0.15) is 17.6 Å². The monoisotopic (exact) mass is 265 g/mol. The second-order valence-corrected chi connectivity index (χ2v) is 3.56. The van der Waals surface area contributed by atoms with Gasteiger partial charge >= 0.3 is 0 Å². The van der Waals surface area contributed by atoms with Gasteiger partial charge in [0, 0.05) is 11.6 Å². The van der Waals surface area contributed by atoms with Gasteiger partial charge in [-0.05, 0) is 30.4 Å². The van der Waals surface area contributed by atoms with Crippen LogP contribution >= 0.6 is 12.2 Å². The lowest BCUT2D eigenvalue weighted by atomic mass is 10.1. The number of methoxy groups -OCH3 is 1. The second-order valence-electron chi connectivity index (χ2n) is 3.19. The van der Waals surface area contributed by atoms with Gasteiger partial charge in [-0.2, -0.15) is 5.26 Å². The molecule has 18 heavy (non-hydrogen) atoms. The minimum Gasteiger partial charge on any atom is -0.507 e. The Bertz CT molecular complexity index is 575. The average molecular weight is 265 g/mol. The minimum absolute atomic E-state index is 0.0683. The van der Waals surface area contributed by atoms with Crippen LogP contribution in [0.25, 0.3) is 5.76 Å². The third kappa shape index (κ3) is 3.12. The van der Waals surface area contributed by atoms with Crippen molar-refractivity contribution in [2.45, 2.75) is 0 Å². The number of nitrogens with zero attached hydrogens (tertiary/aromatic N) is 1. The Balaban J connectivity index is 3.05. The predicted octanol–water partition coefficient (Wildman–Crippen LogP) is 2.14. The molecule has 4 nitrogen and oxygen atoms in total. The van der Waals surface area contributed by atoms with E-state index in [1.54, 1.807) is 6.07 Å². The molecule has 0 aliphatic heterocycles. The van der Waals surface area contributed by atoms with Gasteiger partial charge in [0.25, 0.3) is 0 Å². The van der Waals surface area contributed by atoms with Crippen molar-refractivity contribution in [2.75, 3.05) is 7.11 Å². The van der Waals surface area contributed by atoms with Crippen molar-refractivity contribution in [1.82, 2.24) is 0 Å². The van der Waals surface area contributed by atoms with Gasteiger partial charge in [0.2, 0.25) is 10.8 Å². The molecule has 0 heterocycles. The zero-order valence-corrected chi connectivity index (χ0v) is 10.1. The molecule has 0 amide bonds. The van der Waals surface area contributed by atoms with Crippen LogP contribution in [0.3, 0.4) is 0 Å². The third-order valence-electron chi connectivity index (χ3n) is 2.04. The van der Waals surface area contributed by atoms with E-state index in [1.807, 2.05) is 0 Å². The van der Waals surface area contributed by atoms with Gasteiger partial charge in [0.15, 0.2) is 0 Å². The fraction of sp³-hybridized carbons (Fsp3) is 0.0833. The lowest BCUT2D eigenvalue weighted by Gasteiger charge is -2.02. The Labute approximate surface area is 108 Å². The summed E-state index contributed by atoms with van der Waals surface area (Å²) in [4.78, 5) is 11.3. The maximum absolute atomic E-state index is 13.3. The maximum atomic E-state index is 13.3. The van der Waals surface area contributed by atoms with Crippen LogP contribution in [0.4, 0.5) is 4.39 Å². The van der Waals surface area contributed by atoms with E-state index in [9.17, 15) is 14.3 Å². The topological polar surface area (TPSA) is 70.3 Å². The van der Waals surface area contributed by atoms with Crippen molar-refractivity contribution < 1.29 is 19.0 Å². The van der Waals surface area contributed by atoms with Gasteiger partial charge in [-0.25, -0.2) is 4.39 Å². The molecule has 1 aromatic rings. The van der Waals surface area contributed by atoms with Gasteiger partial charge < -0.3 is 9.84 Å². The van der Waals surface area contributed by atoms with Crippen LogP contribution in [0, 0.1) is 17.1 Å². The van der Waals surface area contributed by atoms with Crippen LogP contribution in [-0.4, -0.2) is 23.1 Å². The zero-order chi connectivity index (χ0) is 13.7. The summed E-state index contributed by atoms with van der Waals surface area (Å²) in [6.45, 7) is 0. The van der Waals surface area contributed by atoms with Crippen molar-refractivity contribution in [3.63, 3.8) is 0 Å². The van der Waals surface area contributed by atoms with Gasteiger partial charge in [-0.3, -0.25) is 4.79 Å². The number of benzene rings is 1. The highest BCUT2D eigenvalue weighted by Crippen LogP contribution is 2.15. The van der Waals surface area contributed by atoms with Gasteiger partial charge in [-0.1, -0.05) is 0 Å². The number of hydrogen-bond acceptors (Lipinski definition) is 5. The molecule has 0 bridgehead atoms. The molecule has 0 atom stereocenters. The highest BCUT2D eigenvalue weighted by atomic mass is 32.1. The van der Waals surface area contributed by atoms with E-state index in [0.29, 0.717) is 0 Å². The number of aliphatic hydroxyl groups is 1. The van der Waals surface area contributed by atoms with Crippen LogP contribution in [0.5, 0.6) is 0 Å². The molecular formula is C12H8FNO3S. The molecule has 0 aliphatic carbocycles. The number of carbonyl (C=O) groups is 1. The molecule has 6 heteroatoms. The summed E-state index contributed by atoms with van der Waals surface area (Å²) in [5.41, 5.74) is -0.0796. The summed E-state index contributed by atoms with van der Waals surface area (Å²) >= 11 is 4.57. The summed E-state index contributed by atoms with van der Waals surface area (Å²) in [5, 5.41) is 17.8. The first-order valence-electron chi connectivity index (χ1n) is 4.72. The van der Waals surface area contributed by atoms with Gasteiger partial charge in [0.05, 0.1) is 12.7 Å². The SMILES string of the molecule is COC(=S)C(=O)/C=C(\O)c1ccc(C#N)c(F)c1. The molecular weight excluding hydrogens is 257 g/mol. The largest absolute Gasteiger partial charge is 0.507 e. The number of aliphatic hydroxyl groups excluding tert-OH is 1. The molecule has 1 N–H and O–H groups in total. The molecule has 0 aromatic heterocycles. The number of hydrogen-bond donors (Lipinski definition) is 1. The van der Waals surface area contributed by atoms with E-state index in [1.165, 1.54) is 19.2 Å². The number of rotatable bonds is 3. The summed E-state index contributed by atoms with van der Waals surface area (Å²) in [6.07, 6.45) is 0.826. The van der Waals surface area contributed by atoms with Crippen LogP contribution in [-0.2, 0) is 9.53 Å². The third-order valence-corrected chi connectivity index (χ3v) is 2.41. The van der Waals surface area contributed by atoms with Crippen molar-refractivity contribution in [3.8, 4) is 6.07 Å². The average Bonchev–Trinajstić information content (AvgIpc) is 2.37. The number of carbonyl (C=O) groups excluding carboxylic acids is 1. The van der Waals surface area contributed by atoms with E-state index in [2.05, 4.69) is 17.0 Å². The predicted molar refractivity (Wildman–Crippen MR) is 66.3 cm³/mol. The van der Waals surface area contributed by atoms with Crippen LogP contribution in [0.2, 0.25) is 0 Å². The normalized spacial score (nSPS) is 10.6. The van der Waals surface area contributed by atoms with E-state index in [4.69, 9.17) is 5.26 Å². The summed E-state index contributed by atoms with van der Waals surface area (Å²) in [5.74, 6) is -1.94. The Hall–Kier alpha value is -2.26. The van der Waals surface area contributed by atoms with Crippen LogP contribution < -0.4 is 0 Å². The number of thiocarbonyl (C=S) groups is 1. The Kier molecular flexibility index (Phi) is 4.52. The first kappa shape index (κ1) is 13.8. The van der Waals surface area contributed by atoms with Crippen molar-refractivity contribution >= 4 is 28.8 Å². The molecule has 0 saturated heterocycles. The van der Waals surface area contributed by atoms with Crippen molar-refractivity contribution in [1.29, 1.82) is 5.26 Å². The highest BCUT2D eigenvalue weighted by Gasteiger charge is 2.10. The molecule has 1 aromatic carbocycles. The summed E-state index contributed by atoms with van der Waals surface area (Å²) < 4.78 is 17.8. The fourth-order valence-electron chi connectivity index (χ4n) is 1.13. The first-order chi connectivity index (χ1) is 8.49. The Morgan fingerprint density at radius 3 is 2.78 bits per heavy atom.